The molecule has 0 aromatic carbocycles. The molecule has 0 bridgehead atoms. The lowest BCUT2D eigenvalue weighted by Crippen LogP contribution is -2.17. The number of allylic oxidation sites excluding steroid dienone is 3. The Morgan fingerprint density at radius 2 is 2.33 bits per heavy atom. The molecule has 1 aliphatic heterocycles. The van der Waals surface area contributed by atoms with Crippen LogP contribution in [0.4, 0.5) is 0 Å². The highest BCUT2D eigenvalue weighted by atomic mass is 16.5. The van der Waals surface area contributed by atoms with Gasteiger partial charge in [0, 0.05) is 0 Å². The van der Waals surface area contributed by atoms with Crippen molar-refractivity contribution in [3.63, 3.8) is 0 Å². The molecule has 2 heteroatoms. The average Bonchev–Trinajstić information content (AvgIpc) is 2.25. The number of hydrogen-bond acceptors (Lipinski definition) is 2. The summed E-state index contributed by atoms with van der Waals surface area (Å²) in [7, 11) is 0. The molecule has 0 aliphatic carbocycles. The minimum absolute atomic E-state index is 0.0393. The summed E-state index contributed by atoms with van der Waals surface area (Å²) >= 11 is 0. The molecule has 0 fully saturated rings. The zero-order chi connectivity index (χ0) is 10.9. The van der Waals surface area contributed by atoms with E-state index >= 15 is 0 Å². The Morgan fingerprint density at radius 1 is 1.47 bits per heavy atom. The quantitative estimate of drug-likeness (QED) is 0.379. The maximum atomic E-state index is 11.3. The molecule has 1 rings (SSSR count). The number of carbonyl (C=O) groups excluding carboxylic acids is 1. The van der Waals surface area contributed by atoms with Crippen molar-refractivity contribution in [2.45, 2.75) is 45.4 Å². The van der Waals surface area contributed by atoms with Crippen molar-refractivity contribution in [3.05, 3.63) is 24.5 Å². The molecule has 0 aromatic heterocycles. The Balaban J connectivity index is 2.13. The summed E-state index contributed by atoms with van der Waals surface area (Å²) in [4.78, 5) is 11.3. The molecule has 2 nitrogen and oxygen atoms in total. The van der Waals surface area contributed by atoms with Gasteiger partial charge in [-0.1, -0.05) is 31.9 Å². The van der Waals surface area contributed by atoms with Crippen LogP contribution in [0.15, 0.2) is 24.5 Å². The van der Waals surface area contributed by atoms with Crippen LogP contribution in [0.25, 0.3) is 0 Å². The van der Waals surface area contributed by atoms with E-state index in [1.54, 1.807) is 0 Å². The number of esters is 1. The molecule has 84 valence electrons. The van der Waals surface area contributed by atoms with Crippen LogP contribution in [-0.4, -0.2) is 5.97 Å². The van der Waals surface area contributed by atoms with Gasteiger partial charge < -0.3 is 4.74 Å². The van der Waals surface area contributed by atoms with Gasteiger partial charge >= 0.3 is 5.97 Å². The van der Waals surface area contributed by atoms with Gasteiger partial charge in [-0.2, -0.15) is 0 Å². The van der Waals surface area contributed by atoms with E-state index in [0.29, 0.717) is 0 Å². The van der Waals surface area contributed by atoms with Crippen LogP contribution in [-0.2, 0) is 9.53 Å². The average molecular weight is 208 g/mol. The number of ether oxygens (including phenoxy) is 1. The first kappa shape index (κ1) is 12.0. The van der Waals surface area contributed by atoms with Gasteiger partial charge in [0.05, 0.1) is 12.2 Å². The Kier molecular flexibility index (Phi) is 5.83. The molecule has 0 radical (unpaired) electrons. The van der Waals surface area contributed by atoms with E-state index in [4.69, 9.17) is 4.74 Å². The van der Waals surface area contributed by atoms with Gasteiger partial charge in [-0.25, -0.2) is 0 Å². The molecule has 0 N–H and O–H groups in total. The van der Waals surface area contributed by atoms with Gasteiger partial charge in [0.1, 0.15) is 0 Å². The SMILES string of the molecule is CCCCC/C=C/C[C@H]1CC=COC1=O. The van der Waals surface area contributed by atoms with Crippen LogP contribution < -0.4 is 0 Å². The highest BCUT2D eigenvalue weighted by Crippen LogP contribution is 2.17. The summed E-state index contributed by atoms with van der Waals surface area (Å²) in [6.07, 6.45) is 14.3. The molecule has 0 aromatic rings. The third-order valence-corrected chi connectivity index (χ3v) is 2.60. The maximum Gasteiger partial charge on any atom is 0.314 e. The Bertz CT molecular complexity index is 241. The van der Waals surface area contributed by atoms with E-state index in [0.717, 1.165) is 19.3 Å². The smallest absolute Gasteiger partial charge is 0.314 e. The molecule has 0 amide bonds. The zero-order valence-electron chi connectivity index (χ0n) is 9.45. The predicted molar refractivity (Wildman–Crippen MR) is 61.2 cm³/mol. The summed E-state index contributed by atoms with van der Waals surface area (Å²) < 4.78 is 4.83. The molecule has 0 saturated carbocycles. The van der Waals surface area contributed by atoms with Crippen molar-refractivity contribution < 1.29 is 9.53 Å². The number of unbranched alkanes of at least 4 members (excludes halogenated alkanes) is 3. The lowest BCUT2D eigenvalue weighted by molar-refractivity contribution is -0.143. The van der Waals surface area contributed by atoms with Crippen molar-refractivity contribution in [2.75, 3.05) is 0 Å². The summed E-state index contributed by atoms with van der Waals surface area (Å²) in [6, 6.07) is 0. The van der Waals surface area contributed by atoms with E-state index < -0.39 is 0 Å². The van der Waals surface area contributed by atoms with E-state index in [-0.39, 0.29) is 11.9 Å². The van der Waals surface area contributed by atoms with E-state index in [9.17, 15) is 4.79 Å². The van der Waals surface area contributed by atoms with Crippen LogP contribution >= 0.6 is 0 Å². The van der Waals surface area contributed by atoms with Gasteiger partial charge in [-0.05, 0) is 31.8 Å². The van der Waals surface area contributed by atoms with E-state index in [2.05, 4.69) is 19.1 Å². The van der Waals surface area contributed by atoms with Crippen LogP contribution in [0, 0.1) is 5.92 Å². The van der Waals surface area contributed by atoms with Gasteiger partial charge in [-0.15, -0.1) is 0 Å². The topological polar surface area (TPSA) is 26.3 Å². The minimum Gasteiger partial charge on any atom is -0.435 e. The van der Waals surface area contributed by atoms with Gasteiger partial charge in [0.25, 0.3) is 0 Å². The second-order valence-corrected chi connectivity index (χ2v) is 3.94. The number of cyclic esters (lactones) is 1. The molecular weight excluding hydrogens is 188 g/mol. The van der Waals surface area contributed by atoms with Crippen LogP contribution in [0.5, 0.6) is 0 Å². The molecule has 15 heavy (non-hydrogen) atoms. The van der Waals surface area contributed by atoms with Gasteiger partial charge in [0.15, 0.2) is 0 Å². The maximum absolute atomic E-state index is 11.3. The van der Waals surface area contributed by atoms with Gasteiger partial charge in [0.2, 0.25) is 0 Å². The fourth-order valence-electron chi connectivity index (χ4n) is 1.61. The van der Waals surface area contributed by atoms with Crippen molar-refractivity contribution in [2.24, 2.45) is 5.92 Å². The monoisotopic (exact) mass is 208 g/mol. The number of hydrogen-bond donors (Lipinski definition) is 0. The summed E-state index contributed by atoms with van der Waals surface area (Å²) in [5.41, 5.74) is 0. The third kappa shape index (κ3) is 4.82. The second-order valence-electron chi connectivity index (χ2n) is 3.94. The van der Waals surface area contributed by atoms with Crippen molar-refractivity contribution in [1.82, 2.24) is 0 Å². The Labute approximate surface area is 92.0 Å². The Morgan fingerprint density at radius 3 is 3.07 bits per heavy atom. The lowest BCUT2D eigenvalue weighted by Gasteiger charge is -2.13. The molecule has 1 heterocycles. The molecule has 1 aliphatic rings. The van der Waals surface area contributed by atoms with Crippen molar-refractivity contribution >= 4 is 5.97 Å². The van der Waals surface area contributed by atoms with Crippen molar-refractivity contribution in [3.8, 4) is 0 Å². The van der Waals surface area contributed by atoms with E-state index in [1.165, 1.54) is 25.5 Å². The van der Waals surface area contributed by atoms with Crippen molar-refractivity contribution in [1.29, 1.82) is 0 Å². The van der Waals surface area contributed by atoms with Crippen LogP contribution in [0.2, 0.25) is 0 Å². The third-order valence-electron chi connectivity index (χ3n) is 2.60. The predicted octanol–water partition coefficient (Wildman–Crippen LogP) is 3.59. The first-order valence-electron chi connectivity index (χ1n) is 5.85. The molecule has 0 unspecified atom stereocenters. The van der Waals surface area contributed by atoms with Crippen LogP contribution in [0.1, 0.15) is 45.4 Å². The number of carbonyl (C=O) groups is 1. The fraction of sp³-hybridized carbons (Fsp3) is 0.615. The number of rotatable bonds is 6. The molecule has 1 atom stereocenters. The van der Waals surface area contributed by atoms with Crippen LogP contribution in [0.3, 0.4) is 0 Å². The summed E-state index contributed by atoms with van der Waals surface area (Å²) in [5.74, 6) is -0.0480. The summed E-state index contributed by atoms with van der Waals surface area (Å²) in [6.45, 7) is 2.20. The second kappa shape index (κ2) is 7.27. The Hall–Kier alpha value is -1.05. The largest absolute Gasteiger partial charge is 0.435 e. The lowest BCUT2D eigenvalue weighted by atomic mass is 10.00. The van der Waals surface area contributed by atoms with Gasteiger partial charge in [-0.3, -0.25) is 4.79 Å². The molecule has 0 saturated heterocycles. The standard InChI is InChI=1S/C13H20O2/c1-2-3-4-5-6-7-9-12-10-8-11-15-13(12)14/h6-8,11-12H,2-5,9-10H2,1H3/b7-6+/t12-/m0/s1. The fourth-order valence-corrected chi connectivity index (χ4v) is 1.61. The normalized spacial score (nSPS) is 20.9. The van der Waals surface area contributed by atoms with E-state index in [1.807, 2.05) is 6.08 Å². The molecule has 0 spiro atoms. The first-order chi connectivity index (χ1) is 7.34. The minimum atomic E-state index is -0.0873. The first-order valence-corrected chi connectivity index (χ1v) is 5.85. The highest BCUT2D eigenvalue weighted by molar-refractivity contribution is 5.74. The highest BCUT2D eigenvalue weighted by Gasteiger charge is 2.19. The summed E-state index contributed by atoms with van der Waals surface area (Å²) in [5, 5.41) is 0. The zero-order valence-corrected chi connectivity index (χ0v) is 9.45. The molecular formula is C13H20O2.